The molecule has 0 saturated heterocycles. The Morgan fingerprint density at radius 3 is 2.77 bits per heavy atom. The molecule has 1 unspecified atom stereocenters. The van der Waals surface area contributed by atoms with Crippen molar-refractivity contribution in [2.75, 3.05) is 5.32 Å². The SMILES string of the molecule is Cc1ccc(-n2nc3c(c2NC(=O)c2ccc(Br)o2)CS(=O)C3)c(C)c1. The Bertz CT molecular complexity index is 1050. The van der Waals surface area contributed by atoms with E-state index in [1.54, 1.807) is 16.8 Å². The molecule has 1 aliphatic heterocycles. The molecule has 134 valence electrons. The number of anilines is 1. The molecule has 0 saturated carbocycles. The van der Waals surface area contributed by atoms with Crippen LogP contribution in [-0.4, -0.2) is 19.9 Å². The molecule has 0 aliphatic carbocycles. The van der Waals surface area contributed by atoms with Crippen molar-refractivity contribution < 1.29 is 13.4 Å². The largest absolute Gasteiger partial charge is 0.444 e. The summed E-state index contributed by atoms with van der Waals surface area (Å²) in [6.07, 6.45) is 0. The van der Waals surface area contributed by atoms with Crippen LogP contribution in [0.25, 0.3) is 5.69 Å². The van der Waals surface area contributed by atoms with E-state index < -0.39 is 10.8 Å². The second kappa shape index (κ2) is 6.51. The first kappa shape index (κ1) is 17.2. The van der Waals surface area contributed by atoms with Gasteiger partial charge in [0.05, 0.1) is 22.9 Å². The summed E-state index contributed by atoms with van der Waals surface area (Å²) >= 11 is 3.20. The standard InChI is InChI=1S/C18H16BrN3O3S/c1-10-3-4-14(11(2)7-10)22-17(12-8-26(24)9-13(12)21-22)20-18(23)15-5-6-16(19)25-15/h3-7H,8-9H2,1-2H3,(H,20,23). The van der Waals surface area contributed by atoms with E-state index in [1.165, 1.54) is 0 Å². The lowest BCUT2D eigenvalue weighted by atomic mass is 10.1. The number of nitrogens with one attached hydrogen (secondary N) is 1. The van der Waals surface area contributed by atoms with Crippen molar-refractivity contribution in [1.29, 1.82) is 0 Å². The van der Waals surface area contributed by atoms with Crippen molar-refractivity contribution in [1.82, 2.24) is 9.78 Å². The molecular weight excluding hydrogens is 418 g/mol. The molecule has 1 atom stereocenters. The third-order valence-electron chi connectivity index (χ3n) is 4.28. The normalized spacial score (nSPS) is 15.9. The Hall–Kier alpha value is -2.19. The minimum Gasteiger partial charge on any atom is -0.444 e. The van der Waals surface area contributed by atoms with Crippen LogP contribution in [0, 0.1) is 13.8 Å². The number of rotatable bonds is 3. The fourth-order valence-electron chi connectivity index (χ4n) is 3.08. The highest BCUT2D eigenvalue weighted by Crippen LogP contribution is 2.32. The van der Waals surface area contributed by atoms with E-state index in [2.05, 4.69) is 32.4 Å². The van der Waals surface area contributed by atoms with Gasteiger partial charge in [-0.15, -0.1) is 0 Å². The van der Waals surface area contributed by atoms with Gasteiger partial charge in [0.2, 0.25) is 0 Å². The topological polar surface area (TPSA) is 77.1 Å². The summed E-state index contributed by atoms with van der Waals surface area (Å²) in [4.78, 5) is 12.6. The Morgan fingerprint density at radius 1 is 1.27 bits per heavy atom. The van der Waals surface area contributed by atoms with Crippen LogP contribution in [0.1, 0.15) is 32.9 Å². The predicted molar refractivity (Wildman–Crippen MR) is 103 cm³/mol. The van der Waals surface area contributed by atoms with E-state index in [4.69, 9.17) is 4.42 Å². The van der Waals surface area contributed by atoms with Gasteiger partial charge in [0.1, 0.15) is 5.82 Å². The van der Waals surface area contributed by atoms with Crippen LogP contribution >= 0.6 is 15.9 Å². The third kappa shape index (κ3) is 3.03. The van der Waals surface area contributed by atoms with Gasteiger partial charge in [-0.3, -0.25) is 9.00 Å². The van der Waals surface area contributed by atoms with Gasteiger partial charge in [-0.1, -0.05) is 17.7 Å². The molecule has 26 heavy (non-hydrogen) atoms. The van der Waals surface area contributed by atoms with Crippen LogP contribution in [0.3, 0.4) is 0 Å². The number of carbonyl (C=O) groups excluding carboxylic acids is 1. The van der Waals surface area contributed by atoms with Crippen molar-refractivity contribution in [3.8, 4) is 5.69 Å². The molecule has 3 aromatic rings. The Morgan fingerprint density at radius 2 is 2.08 bits per heavy atom. The number of carbonyl (C=O) groups is 1. The average Bonchev–Trinajstić information content (AvgIpc) is 3.24. The van der Waals surface area contributed by atoms with Crippen molar-refractivity contribution >= 4 is 38.5 Å². The van der Waals surface area contributed by atoms with E-state index in [0.29, 0.717) is 22.0 Å². The first-order chi connectivity index (χ1) is 12.4. The smallest absolute Gasteiger partial charge is 0.292 e. The number of benzene rings is 1. The van der Waals surface area contributed by atoms with Crippen LogP contribution in [0.15, 0.2) is 39.4 Å². The molecule has 1 amide bonds. The molecule has 0 spiro atoms. The second-order valence-corrected chi connectivity index (χ2v) is 8.50. The first-order valence-corrected chi connectivity index (χ1v) is 10.3. The number of hydrogen-bond donors (Lipinski definition) is 1. The summed E-state index contributed by atoms with van der Waals surface area (Å²) < 4.78 is 19.5. The minimum absolute atomic E-state index is 0.193. The molecule has 8 heteroatoms. The first-order valence-electron chi connectivity index (χ1n) is 8.02. The highest BCUT2D eigenvalue weighted by Gasteiger charge is 2.29. The van der Waals surface area contributed by atoms with Crippen molar-refractivity contribution in [3.63, 3.8) is 0 Å². The lowest BCUT2D eigenvalue weighted by molar-refractivity contribution is 0.0994. The number of aromatic nitrogens is 2. The highest BCUT2D eigenvalue weighted by atomic mass is 79.9. The van der Waals surface area contributed by atoms with Crippen LogP contribution in [0.4, 0.5) is 5.82 Å². The van der Waals surface area contributed by atoms with Crippen molar-refractivity contribution in [2.45, 2.75) is 25.4 Å². The van der Waals surface area contributed by atoms with Gasteiger partial charge in [-0.25, -0.2) is 4.68 Å². The zero-order valence-corrected chi connectivity index (χ0v) is 16.6. The van der Waals surface area contributed by atoms with Gasteiger partial charge in [0, 0.05) is 16.4 Å². The quantitative estimate of drug-likeness (QED) is 0.679. The molecule has 1 aliphatic rings. The van der Waals surface area contributed by atoms with Gasteiger partial charge in [0.15, 0.2) is 10.4 Å². The fraction of sp³-hybridized carbons (Fsp3) is 0.222. The monoisotopic (exact) mass is 433 g/mol. The van der Waals surface area contributed by atoms with E-state index >= 15 is 0 Å². The van der Waals surface area contributed by atoms with Gasteiger partial charge in [0.25, 0.3) is 5.91 Å². The number of amides is 1. The zero-order chi connectivity index (χ0) is 18.4. The molecule has 1 aromatic carbocycles. The maximum atomic E-state index is 12.6. The van der Waals surface area contributed by atoms with Gasteiger partial charge >= 0.3 is 0 Å². The van der Waals surface area contributed by atoms with E-state index in [1.807, 2.05) is 26.0 Å². The van der Waals surface area contributed by atoms with Crippen LogP contribution in [-0.2, 0) is 22.3 Å². The Kier molecular flexibility index (Phi) is 4.32. The lowest BCUT2D eigenvalue weighted by Gasteiger charge is -2.13. The molecule has 0 radical (unpaired) electrons. The number of furan rings is 1. The molecule has 2 aromatic heterocycles. The van der Waals surface area contributed by atoms with Crippen LogP contribution in [0.5, 0.6) is 0 Å². The molecule has 3 heterocycles. The molecular formula is C18H16BrN3O3S. The van der Waals surface area contributed by atoms with Gasteiger partial charge in [-0.2, -0.15) is 5.10 Å². The van der Waals surface area contributed by atoms with Crippen LogP contribution in [0.2, 0.25) is 0 Å². The summed E-state index contributed by atoms with van der Waals surface area (Å²) in [6.45, 7) is 4.03. The molecule has 4 rings (SSSR count). The molecule has 0 fully saturated rings. The molecule has 0 bridgehead atoms. The fourth-order valence-corrected chi connectivity index (χ4v) is 4.65. The lowest BCUT2D eigenvalue weighted by Crippen LogP contribution is -2.16. The number of hydrogen-bond acceptors (Lipinski definition) is 4. The maximum absolute atomic E-state index is 12.6. The van der Waals surface area contributed by atoms with E-state index in [0.717, 1.165) is 28.1 Å². The summed E-state index contributed by atoms with van der Waals surface area (Å²) in [5.74, 6) is 1.16. The summed E-state index contributed by atoms with van der Waals surface area (Å²) in [6, 6.07) is 9.30. The van der Waals surface area contributed by atoms with Crippen molar-refractivity contribution in [3.05, 3.63) is 63.1 Å². The number of aryl methyl sites for hydroxylation is 2. The van der Waals surface area contributed by atoms with E-state index in [-0.39, 0.29) is 11.7 Å². The van der Waals surface area contributed by atoms with E-state index in [9.17, 15) is 9.00 Å². The summed E-state index contributed by atoms with van der Waals surface area (Å²) in [5, 5.41) is 7.52. The number of fused-ring (bicyclic) bond motifs is 1. The van der Waals surface area contributed by atoms with Crippen molar-refractivity contribution in [2.24, 2.45) is 0 Å². The minimum atomic E-state index is -0.985. The number of halogens is 1. The Labute approximate surface area is 161 Å². The average molecular weight is 434 g/mol. The predicted octanol–water partition coefficient (Wildman–Crippen LogP) is 3.86. The Balaban J connectivity index is 1.79. The third-order valence-corrected chi connectivity index (χ3v) is 5.91. The summed E-state index contributed by atoms with van der Waals surface area (Å²) in [5.41, 5.74) is 4.66. The zero-order valence-electron chi connectivity index (χ0n) is 14.2. The highest BCUT2D eigenvalue weighted by molar-refractivity contribution is 9.10. The van der Waals surface area contributed by atoms with Gasteiger partial charge < -0.3 is 9.73 Å². The summed E-state index contributed by atoms with van der Waals surface area (Å²) in [7, 11) is -0.985. The maximum Gasteiger partial charge on any atom is 0.292 e. The number of nitrogens with zero attached hydrogens (tertiary/aromatic N) is 2. The second-order valence-electron chi connectivity index (χ2n) is 6.26. The molecule has 1 N–H and O–H groups in total. The molecule has 6 nitrogen and oxygen atoms in total. The van der Waals surface area contributed by atoms with Gasteiger partial charge in [-0.05, 0) is 53.5 Å². The van der Waals surface area contributed by atoms with Crippen LogP contribution < -0.4 is 5.32 Å².